The second kappa shape index (κ2) is 24.6. The molecule has 65 heavy (non-hydrogen) atoms. The lowest BCUT2D eigenvalue weighted by Crippen LogP contribution is -2.55. The average molecular weight is 914 g/mol. The molecule has 21 heteroatoms. The maximum atomic E-state index is 13.9. The number of nitrogens with zero attached hydrogens (tertiary/aromatic N) is 5. The van der Waals surface area contributed by atoms with Gasteiger partial charge < -0.3 is 57.5 Å². The molecule has 3 aromatic carbocycles. The molecule has 3 aliphatic heterocycles. The maximum Gasteiger partial charge on any atom is 0.508 e. The molecule has 4 unspecified atom stereocenters. The number of anilines is 2. The molecule has 0 aliphatic carbocycles. The molecule has 0 saturated carbocycles. The van der Waals surface area contributed by atoms with E-state index >= 15 is 0 Å². The van der Waals surface area contributed by atoms with E-state index in [1.807, 2.05) is 48.5 Å². The number of rotatable bonds is 24. The molecule has 4 atom stereocenters. The molecule has 3 aliphatic rings. The molecule has 0 radical (unpaired) electrons. The fourth-order valence-corrected chi connectivity index (χ4v) is 8.01. The molecule has 0 N–H and O–H groups in total. The number of likely N-dealkylation sites (tertiary alicyclic amines) is 1. The fourth-order valence-electron chi connectivity index (χ4n) is 8.01. The average Bonchev–Trinajstić information content (AvgIpc) is 3.76. The summed E-state index contributed by atoms with van der Waals surface area (Å²) in [6, 6.07) is 19.7. The van der Waals surface area contributed by atoms with Gasteiger partial charge in [-0.15, -0.1) is 20.2 Å². The number of benzene rings is 3. The SMILES string of the molecule is COCCCN1CCOc2ccc(COC3CN(C(=O)OCCCCO[N+](=O)[O-])CC(OC(=O)OCCCCO[N+](=O)[O-])C3c3ccc(OC4CCN(c5cccc(F)c5)C4)cc3)cc21. The Morgan fingerprint density at radius 3 is 2.26 bits per heavy atom. The lowest BCUT2D eigenvalue weighted by Gasteiger charge is -2.42. The van der Waals surface area contributed by atoms with Gasteiger partial charge in [0.25, 0.3) is 10.2 Å². The third-order valence-corrected chi connectivity index (χ3v) is 11.1. The van der Waals surface area contributed by atoms with Crippen LogP contribution in [0.5, 0.6) is 11.5 Å². The molecule has 0 aromatic heterocycles. The van der Waals surface area contributed by atoms with Gasteiger partial charge in [0, 0.05) is 38.9 Å². The Morgan fingerprint density at radius 2 is 1.54 bits per heavy atom. The van der Waals surface area contributed by atoms with E-state index in [9.17, 15) is 34.2 Å². The normalized spacial score (nSPS) is 19.1. The van der Waals surface area contributed by atoms with E-state index in [1.54, 1.807) is 13.2 Å². The van der Waals surface area contributed by atoms with Gasteiger partial charge in [-0.25, -0.2) is 14.0 Å². The summed E-state index contributed by atoms with van der Waals surface area (Å²) in [4.78, 5) is 62.3. The highest BCUT2D eigenvalue weighted by molar-refractivity contribution is 5.68. The van der Waals surface area contributed by atoms with Gasteiger partial charge in [-0.1, -0.05) is 24.3 Å². The first-order chi connectivity index (χ1) is 31.6. The van der Waals surface area contributed by atoms with Crippen LogP contribution in [0.25, 0.3) is 0 Å². The van der Waals surface area contributed by atoms with Crippen molar-refractivity contribution in [1.29, 1.82) is 0 Å². The largest absolute Gasteiger partial charge is 0.508 e. The number of carbonyl (C=O) groups excluding carboxylic acids is 2. The van der Waals surface area contributed by atoms with Crippen LogP contribution < -0.4 is 19.3 Å². The van der Waals surface area contributed by atoms with Crippen molar-refractivity contribution < 1.29 is 67.0 Å². The fraction of sp³-hybridized carbons (Fsp3) is 0.545. The molecule has 3 aromatic rings. The van der Waals surface area contributed by atoms with Gasteiger partial charge in [0.05, 0.1) is 76.9 Å². The number of piperidine rings is 1. The first-order valence-electron chi connectivity index (χ1n) is 21.7. The molecular weight excluding hydrogens is 858 g/mol. The molecule has 6 rings (SSSR count). The molecule has 2 saturated heterocycles. The van der Waals surface area contributed by atoms with Crippen LogP contribution in [0.1, 0.15) is 55.6 Å². The summed E-state index contributed by atoms with van der Waals surface area (Å²) >= 11 is 0. The zero-order chi connectivity index (χ0) is 46.0. The van der Waals surface area contributed by atoms with Crippen LogP contribution in [0, 0.1) is 26.0 Å². The summed E-state index contributed by atoms with van der Waals surface area (Å²) in [5.74, 6) is 0.422. The summed E-state index contributed by atoms with van der Waals surface area (Å²) in [5.41, 5.74) is 3.28. The zero-order valence-corrected chi connectivity index (χ0v) is 36.3. The van der Waals surface area contributed by atoms with Crippen molar-refractivity contribution in [3.05, 3.63) is 104 Å². The predicted molar refractivity (Wildman–Crippen MR) is 230 cm³/mol. The molecular formula is C44H56FN5O15. The van der Waals surface area contributed by atoms with E-state index in [0.717, 1.165) is 47.6 Å². The lowest BCUT2D eigenvalue weighted by molar-refractivity contribution is -0.757. The van der Waals surface area contributed by atoms with Gasteiger partial charge >= 0.3 is 12.2 Å². The van der Waals surface area contributed by atoms with E-state index in [2.05, 4.69) is 19.5 Å². The monoisotopic (exact) mass is 913 g/mol. The Morgan fingerprint density at radius 1 is 0.815 bits per heavy atom. The third kappa shape index (κ3) is 14.8. The van der Waals surface area contributed by atoms with Crippen molar-refractivity contribution in [2.24, 2.45) is 0 Å². The van der Waals surface area contributed by atoms with Crippen molar-refractivity contribution >= 4 is 23.6 Å². The lowest BCUT2D eigenvalue weighted by atomic mass is 9.84. The van der Waals surface area contributed by atoms with Crippen molar-refractivity contribution in [2.45, 2.75) is 69.4 Å². The van der Waals surface area contributed by atoms with E-state index in [4.69, 9.17) is 33.2 Å². The summed E-state index contributed by atoms with van der Waals surface area (Å²) in [6.07, 6.45) is -0.957. The van der Waals surface area contributed by atoms with Gasteiger partial charge in [0.15, 0.2) is 0 Å². The summed E-state index contributed by atoms with van der Waals surface area (Å²) in [7, 11) is 1.67. The number of amides is 1. The van der Waals surface area contributed by atoms with E-state index in [-0.39, 0.29) is 77.3 Å². The van der Waals surface area contributed by atoms with Crippen LogP contribution in [0.15, 0.2) is 66.7 Å². The first kappa shape index (κ1) is 48.1. The number of fused-ring (bicyclic) bond motifs is 1. The molecule has 2 fully saturated rings. The first-order valence-corrected chi connectivity index (χ1v) is 21.7. The van der Waals surface area contributed by atoms with Crippen LogP contribution in [-0.2, 0) is 40.0 Å². The van der Waals surface area contributed by atoms with Gasteiger partial charge in [0.1, 0.15) is 36.1 Å². The number of hydrogen-bond donors (Lipinski definition) is 0. The minimum absolute atomic E-state index is 0.0420. The Balaban J connectivity index is 1.21. The van der Waals surface area contributed by atoms with Crippen molar-refractivity contribution in [3.63, 3.8) is 0 Å². The number of carbonyl (C=O) groups is 2. The Kier molecular flexibility index (Phi) is 18.2. The molecule has 0 spiro atoms. The maximum absolute atomic E-state index is 13.9. The molecule has 3 heterocycles. The van der Waals surface area contributed by atoms with Crippen molar-refractivity contribution in [3.8, 4) is 11.5 Å². The second-order valence-corrected chi connectivity index (χ2v) is 15.7. The third-order valence-electron chi connectivity index (χ3n) is 11.1. The standard InChI is InChI=1S/C44H56FN5O15/c1-57-20-7-17-46-19-25-58-39-15-10-32(26-38(39)46)31-61-40-29-48(43(51)59-21-2-4-23-62-49(53)54)30-41(65-44(52)60-22-3-5-24-63-50(55)56)42(40)33-11-13-36(14-12-33)64-37-16-18-47(28-37)35-9-6-8-34(45)27-35/h6,8-15,26-27,37,40-42H,2-5,7,16-25,28-31H2,1H3. The van der Waals surface area contributed by atoms with Crippen LogP contribution >= 0.6 is 0 Å². The zero-order valence-electron chi connectivity index (χ0n) is 36.3. The highest BCUT2D eigenvalue weighted by Crippen LogP contribution is 2.37. The number of unbranched alkanes of at least 4 members (excludes halogenated alkanes) is 2. The molecule has 20 nitrogen and oxygen atoms in total. The van der Waals surface area contributed by atoms with Gasteiger partial charge in [-0.3, -0.25) is 0 Å². The van der Waals surface area contributed by atoms with Crippen molar-refractivity contribution in [1.82, 2.24) is 4.90 Å². The van der Waals surface area contributed by atoms with E-state index in [1.165, 1.54) is 17.0 Å². The van der Waals surface area contributed by atoms with E-state index in [0.29, 0.717) is 45.0 Å². The predicted octanol–water partition coefficient (Wildman–Crippen LogP) is 6.34. The second-order valence-electron chi connectivity index (χ2n) is 15.7. The minimum Gasteiger partial charge on any atom is -0.490 e. The van der Waals surface area contributed by atoms with Crippen LogP contribution in [0.3, 0.4) is 0 Å². The van der Waals surface area contributed by atoms with E-state index < -0.39 is 40.5 Å². The highest BCUT2D eigenvalue weighted by Gasteiger charge is 2.43. The number of hydrogen-bond acceptors (Lipinski definition) is 17. The van der Waals surface area contributed by atoms with Gasteiger partial charge in [-0.2, -0.15) is 0 Å². The van der Waals surface area contributed by atoms with Crippen LogP contribution in [-0.4, -0.2) is 132 Å². The number of methoxy groups -OCH3 is 1. The van der Waals surface area contributed by atoms with Gasteiger partial charge in [0.2, 0.25) is 0 Å². The van der Waals surface area contributed by atoms with Crippen LogP contribution in [0.4, 0.5) is 25.4 Å². The smallest absolute Gasteiger partial charge is 0.490 e. The quantitative estimate of drug-likeness (QED) is 0.0415. The van der Waals surface area contributed by atoms with Crippen LogP contribution in [0.2, 0.25) is 0 Å². The Labute approximate surface area is 375 Å². The highest BCUT2D eigenvalue weighted by atomic mass is 19.1. The topological polar surface area (TPSA) is 213 Å². The minimum atomic E-state index is -1.01. The molecule has 354 valence electrons. The Hall–Kier alpha value is -6.35. The Bertz CT molecular complexity index is 2020. The van der Waals surface area contributed by atoms with Gasteiger partial charge in [-0.05, 0) is 85.7 Å². The number of halogens is 1. The summed E-state index contributed by atoms with van der Waals surface area (Å²) in [6.45, 7) is 3.54. The number of ether oxygens (including phenoxy) is 7. The summed E-state index contributed by atoms with van der Waals surface area (Å²) < 4.78 is 55.1. The molecule has 1 amide bonds. The molecule has 0 bridgehead atoms. The summed E-state index contributed by atoms with van der Waals surface area (Å²) in [5, 5.41) is 19.3. The van der Waals surface area contributed by atoms with Crippen molar-refractivity contribution in [2.75, 3.05) is 95.8 Å².